The van der Waals surface area contributed by atoms with Crippen LogP contribution in [-0.2, 0) is 14.4 Å². The molecule has 1 fully saturated rings. The van der Waals surface area contributed by atoms with Gasteiger partial charge in [0, 0.05) is 25.3 Å². The number of likely N-dealkylation sites (tertiary alicyclic amines) is 1. The van der Waals surface area contributed by atoms with Gasteiger partial charge in [-0.3, -0.25) is 14.5 Å². The molecule has 1 heterocycles. The number of ketones is 1. The smallest absolute Gasteiger partial charge is 0.232 e. The maximum absolute atomic E-state index is 11.8. The standard InChI is InChI=1S/C13H21NO3.2C2H6/c1-3-11-9-12(16)14(13(11)17)8-6-4-5-7-10(2)15;2*1-2/h11H,3-9H2,1-2H3;2*1-2H3. The molecule has 1 rings (SSSR count). The van der Waals surface area contributed by atoms with Gasteiger partial charge in [-0.05, 0) is 26.2 Å². The first-order chi connectivity index (χ1) is 10.1. The summed E-state index contributed by atoms with van der Waals surface area (Å²) in [6.07, 6.45) is 4.27. The number of unbranched alkanes of at least 4 members (excludes halogenated alkanes) is 2. The lowest BCUT2D eigenvalue weighted by atomic mass is 10.1. The predicted molar refractivity (Wildman–Crippen MR) is 87.0 cm³/mol. The third-order valence-corrected chi connectivity index (χ3v) is 3.24. The van der Waals surface area contributed by atoms with Gasteiger partial charge in [0.1, 0.15) is 5.78 Å². The Balaban J connectivity index is 0. The Kier molecular flexibility index (Phi) is 14.5. The average Bonchev–Trinajstić information content (AvgIpc) is 2.77. The van der Waals surface area contributed by atoms with Crippen LogP contribution in [0.15, 0.2) is 0 Å². The summed E-state index contributed by atoms with van der Waals surface area (Å²) in [6, 6.07) is 0. The molecule has 21 heavy (non-hydrogen) atoms. The van der Waals surface area contributed by atoms with Crippen LogP contribution in [0, 0.1) is 5.92 Å². The summed E-state index contributed by atoms with van der Waals surface area (Å²) in [5.74, 6) is 0.0570. The highest BCUT2D eigenvalue weighted by Crippen LogP contribution is 2.22. The second kappa shape index (κ2) is 13.8. The van der Waals surface area contributed by atoms with Gasteiger partial charge in [-0.2, -0.15) is 0 Å². The van der Waals surface area contributed by atoms with Crippen LogP contribution in [0.25, 0.3) is 0 Å². The molecule has 0 aromatic rings. The van der Waals surface area contributed by atoms with Crippen molar-refractivity contribution in [3.63, 3.8) is 0 Å². The summed E-state index contributed by atoms with van der Waals surface area (Å²) in [7, 11) is 0. The number of amides is 2. The van der Waals surface area contributed by atoms with Crippen molar-refractivity contribution in [3.8, 4) is 0 Å². The molecule has 4 nitrogen and oxygen atoms in total. The Labute approximate surface area is 130 Å². The fourth-order valence-electron chi connectivity index (χ4n) is 2.13. The number of nitrogens with zero attached hydrogens (tertiary/aromatic N) is 1. The van der Waals surface area contributed by atoms with E-state index in [0.29, 0.717) is 19.4 Å². The highest BCUT2D eigenvalue weighted by atomic mass is 16.2. The van der Waals surface area contributed by atoms with Crippen LogP contribution in [0.2, 0.25) is 0 Å². The van der Waals surface area contributed by atoms with Gasteiger partial charge >= 0.3 is 0 Å². The lowest BCUT2D eigenvalue weighted by Crippen LogP contribution is -2.31. The zero-order chi connectivity index (χ0) is 16.8. The number of carbonyl (C=O) groups is 3. The second-order valence-corrected chi connectivity index (χ2v) is 4.71. The Bertz CT molecular complexity index is 313. The molecule has 0 aromatic heterocycles. The lowest BCUT2D eigenvalue weighted by molar-refractivity contribution is -0.139. The summed E-state index contributed by atoms with van der Waals surface area (Å²) in [5, 5.41) is 0. The van der Waals surface area contributed by atoms with Gasteiger partial charge in [-0.25, -0.2) is 0 Å². The average molecular weight is 299 g/mol. The van der Waals surface area contributed by atoms with Crippen LogP contribution in [-0.4, -0.2) is 29.0 Å². The number of carbonyl (C=O) groups excluding carboxylic acids is 3. The second-order valence-electron chi connectivity index (χ2n) is 4.71. The van der Waals surface area contributed by atoms with E-state index in [1.54, 1.807) is 6.92 Å². The predicted octanol–water partition coefficient (Wildman–Crippen LogP) is 3.97. The first-order valence-corrected chi connectivity index (χ1v) is 8.40. The van der Waals surface area contributed by atoms with Gasteiger partial charge in [-0.1, -0.05) is 41.0 Å². The molecule has 0 bridgehead atoms. The summed E-state index contributed by atoms with van der Waals surface area (Å²) in [5.41, 5.74) is 0. The third-order valence-electron chi connectivity index (χ3n) is 3.24. The molecule has 1 aliphatic heterocycles. The zero-order valence-electron chi connectivity index (χ0n) is 14.7. The molecule has 0 aromatic carbocycles. The molecule has 1 aliphatic rings. The SMILES string of the molecule is CC.CC.CCC1CC(=O)N(CCCCCC(C)=O)C1=O. The van der Waals surface area contributed by atoms with Crippen LogP contribution in [0.1, 0.15) is 80.1 Å². The number of imide groups is 1. The van der Waals surface area contributed by atoms with E-state index >= 15 is 0 Å². The Morgan fingerprint density at radius 1 is 1.10 bits per heavy atom. The summed E-state index contributed by atoms with van der Waals surface area (Å²) >= 11 is 0. The quantitative estimate of drug-likeness (QED) is 0.528. The first-order valence-electron chi connectivity index (χ1n) is 8.40. The van der Waals surface area contributed by atoms with Crippen LogP contribution >= 0.6 is 0 Å². The molecule has 0 aliphatic carbocycles. The Hall–Kier alpha value is -1.19. The number of hydrogen-bond donors (Lipinski definition) is 0. The molecule has 4 heteroatoms. The van der Waals surface area contributed by atoms with Gasteiger partial charge in [-0.15, -0.1) is 0 Å². The summed E-state index contributed by atoms with van der Waals surface area (Å²) in [4.78, 5) is 35.5. The Morgan fingerprint density at radius 2 is 1.67 bits per heavy atom. The monoisotopic (exact) mass is 299 g/mol. The number of hydrogen-bond acceptors (Lipinski definition) is 3. The van der Waals surface area contributed by atoms with E-state index < -0.39 is 0 Å². The minimum absolute atomic E-state index is 0.0101. The number of rotatable bonds is 7. The molecule has 1 atom stereocenters. The molecule has 0 radical (unpaired) electrons. The highest BCUT2D eigenvalue weighted by molar-refractivity contribution is 6.03. The van der Waals surface area contributed by atoms with E-state index in [1.165, 1.54) is 4.90 Å². The minimum atomic E-state index is -0.0975. The van der Waals surface area contributed by atoms with Gasteiger partial charge < -0.3 is 4.79 Å². The molecule has 2 amide bonds. The van der Waals surface area contributed by atoms with Crippen molar-refractivity contribution in [2.75, 3.05) is 6.54 Å². The largest absolute Gasteiger partial charge is 0.300 e. The van der Waals surface area contributed by atoms with Crippen molar-refractivity contribution in [2.45, 2.75) is 80.1 Å². The van der Waals surface area contributed by atoms with E-state index in [9.17, 15) is 14.4 Å². The molecular formula is C17H33NO3. The fourth-order valence-corrected chi connectivity index (χ4v) is 2.13. The Morgan fingerprint density at radius 3 is 2.10 bits per heavy atom. The molecule has 124 valence electrons. The van der Waals surface area contributed by atoms with Crippen LogP contribution in [0.4, 0.5) is 0 Å². The summed E-state index contributed by atoms with van der Waals surface area (Å²) < 4.78 is 0. The fraction of sp³-hybridized carbons (Fsp3) is 0.824. The van der Waals surface area contributed by atoms with Gasteiger partial charge in [0.2, 0.25) is 11.8 Å². The topological polar surface area (TPSA) is 54.5 Å². The van der Waals surface area contributed by atoms with Crippen molar-refractivity contribution >= 4 is 17.6 Å². The third kappa shape index (κ3) is 8.64. The lowest BCUT2D eigenvalue weighted by Gasteiger charge is -2.14. The van der Waals surface area contributed by atoms with Crippen molar-refractivity contribution in [2.24, 2.45) is 5.92 Å². The number of Topliss-reactive ketones (excluding diaryl/α,β-unsaturated/α-hetero) is 1. The molecule has 0 spiro atoms. The van der Waals surface area contributed by atoms with E-state index in [1.807, 2.05) is 34.6 Å². The minimum Gasteiger partial charge on any atom is -0.300 e. The molecule has 0 N–H and O–H groups in total. The van der Waals surface area contributed by atoms with Crippen molar-refractivity contribution in [3.05, 3.63) is 0 Å². The van der Waals surface area contributed by atoms with Gasteiger partial charge in [0.05, 0.1) is 0 Å². The van der Waals surface area contributed by atoms with Crippen LogP contribution < -0.4 is 0 Å². The van der Waals surface area contributed by atoms with E-state index in [-0.39, 0.29) is 23.5 Å². The van der Waals surface area contributed by atoms with E-state index in [0.717, 1.165) is 25.7 Å². The molecule has 1 unspecified atom stereocenters. The normalized spacial score (nSPS) is 16.9. The first kappa shape index (κ1) is 22.1. The maximum atomic E-state index is 11.8. The van der Waals surface area contributed by atoms with Crippen LogP contribution in [0.3, 0.4) is 0 Å². The zero-order valence-corrected chi connectivity index (χ0v) is 14.7. The molecule has 1 saturated heterocycles. The molecule has 0 saturated carbocycles. The maximum Gasteiger partial charge on any atom is 0.232 e. The van der Waals surface area contributed by atoms with E-state index in [4.69, 9.17) is 0 Å². The van der Waals surface area contributed by atoms with Crippen molar-refractivity contribution < 1.29 is 14.4 Å². The van der Waals surface area contributed by atoms with Gasteiger partial charge in [0.25, 0.3) is 0 Å². The van der Waals surface area contributed by atoms with Crippen molar-refractivity contribution in [1.29, 1.82) is 0 Å². The van der Waals surface area contributed by atoms with Crippen LogP contribution in [0.5, 0.6) is 0 Å². The van der Waals surface area contributed by atoms with Crippen molar-refractivity contribution in [1.82, 2.24) is 4.90 Å². The van der Waals surface area contributed by atoms with Gasteiger partial charge in [0.15, 0.2) is 0 Å². The highest BCUT2D eigenvalue weighted by Gasteiger charge is 2.36. The molecular weight excluding hydrogens is 266 g/mol. The summed E-state index contributed by atoms with van der Waals surface area (Å²) in [6.45, 7) is 12.0. The van der Waals surface area contributed by atoms with E-state index in [2.05, 4.69) is 0 Å².